The number of hydrogen-bond donors (Lipinski definition) is 2. The Hall–Kier alpha value is -3.76. The molecule has 232 valence electrons. The van der Waals surface area contributed by atoms with Crippen LogP contribution >= 0.6 is 0 Å². The summed E-state index contributed by atoms with van der Waals surface area (Å²) in [7, 11) is 3.25. The van der Waals surface area contributed by atoms with Gasteiger partial charge in [0.15, 0.2) is 11.5 Å². The number of hydrogen-bond acceptors (Lipinski definition) is 7. The molecule has 2 atom stereocenters. The lowest BCUT2D eigenvalue weighted by Gasteiger charge is -2.33. The largest absolute Gasteiger partial charge is 0.493 e. The topological polar surface area (TPSA) is 105 Å². The zero-order valence-electron chi connectivity index (χ0n) is 25.6. The van der Waals surface area contributed by atoms with E-state index in [0.29, 0.717) is 49.2 Å². The number of amides is 2. The van der Waals surface area contributed by atoms with Crippen molar-refractivity contribution in [1.29, 1.82) is 0 Å². The summed E-state index contributed by atoms with van der Waals surface area (Å²) in [6.45, 7) is 7.87. The Morgan fingerprint density at radius 3 is 2.42 bits per heavy atom. The molecule has 5 rings (SSSR count). The van der Waals surface area contributed by atoms with E-state index in [9.17, 15) is 9.59 Å². The second-order valence-electron chi connectivity index (χ2n) is 11.8. The average Bonchev–Trinajstić information content (AvgIpc) is 3.61. The van der Waals surface area contributed by atoms with E-state index in [1.165, 1.54) is 0 Å². The third-order valence-electron chi connectivity index (χ3n) is 8.31. The van der Waals surface area contributed by atoms with Crippen molar-refractivity contribution in [2.45, 2.75) is 45.2 Å². The van der Waals surface area contributed by atoms with Crippen molar-refractivity contribution in [2.75, 3.05) is 53.6 Å². The predicted molar refractivity (Wildman–Crippen MR) is 165 cm³/mol. The molecule has 0 spiro atoms. The molecule has 1 aliphatic carbocycles. The van der Waals surface area contributed by atoms with Crippen molar-refractivity contribution in [3.8, 4) is 17.4 Å². The van der Waals surface area contributed by atoms with E-state index in [4.69, 9.17) is 18.9 Å². The lowest BCUT2D eigenvalue weighted by atomic mass is 9.94. The number of carbonyl (C=O) groups is 2. The van der Waals surface area contributed by atoms with Gasteiger partial charge in [0.05, 0.1) is 13.7 Å². The minimum Gasteiger partial charge on any atom is -0.493 e. The van der Waals surface area contributed by atoms with Crippen LogP contribution in [0.2, 0.25) is 0 Å². The van der Waals surface area contributed by atoms with Gasteiger partial charge in [-0.05, 0) is 62.8 Å². The molecule has 3 aromatic rings. The van der Waals surface area contributed by atoms with Crippen molar-refractivity contribution >= 4 is 22.9 Å². The molecule has 1 aromatic heterocycles. The molecule has 1 aliphatic heterocycles. The highest BCUT2D eigenvalue weighted by atomic mass is 16.6. The molecule has 2 aliphatic rings. The van der Waals surface area contributed by atoms with Crippen LogP contribution in [0.5, 0.6) is 17.4 Å². The molecule has 2 fully saturated rings. The molecule has 2 N–H and O–H groups in total. The van der Waals surface area contributed by atoms with E-state index in [1.54, 1.807) is 32.4 Å². The molecule has 2 aromatic carbocycles. The first-order chi connectivity index (χ1) is 20.9. The summed E-state index contributed by atoms with van der Waals surface area (Å²) in [5, 5.41) is 4.51. The van der Waals surface area contributed by atoms with Crippen LogP contribution in [0.3, 0.4) is 0 Å². The number of ether oxygens (including phenoxy) is 4. The van der Waals surface area contributed by atoms with Crippen LogP contribution in [-0.4, -0.2) is 92.5 Å². The molecule has 2 heterocycles. The normalized spacial score (nSPS) is 18.2. The summed E-state index contributed by atoms with van der Waals surface area (Å²) in [4.78, 5) is 34.2. The van der Waals surface area contributed by atoms with Crippen molar-refractivity contribution in [2.24, 2.45) is 11.8 Å². The molecule has 1 saturated carbocycles. The minimum atomic E-state index is -0.326. The number of aromatic amines is 1. The maximum absolute atomic E-state index is 13.8. The molecule has 10 nitrogen and oxygen atoms in total. The molecule has 1 saturated heterocycles. The number of methoxy groups -OCH3 is 2. The fraction of sp³-hybridized carbons (Fsp3) is 0.515. The highest BCUT2D eigenvalue weighted by Crippen LogP contribution is 2.33. The standard InChI is InChI=1S/C33H44N4O6/c1-22(2)36(32(38)24-10-13-29(41-4)30(16-24)42-15-7-14-40-3)20-25-18-34-19-26(25)21-37(27-11-12-27)33(39)43-31-17-23-8-5-6-9-28(23)35-31/h5-6,8-10,13,16-17,22,25-27,34-35H,7,11-12,14-15,18-21H2,1-4H3/t25-,26-/m0/s1. The van der Waals surface area contributed by atoms with Crippen LogP contribution in [0.15, 0.2) is 48.5 Å². The van der Waals surface area contributed by atoms with Crippen LogP contribution in [0, 0.1) is 11.8 Å². The quantitative estimate of drug-likeness (QED) is 0.256. The maximum Gasteiger partial charge on any atom is 0.416 e. The summed E-state index contributed by atoms with van der Waals surface area (Å²) >= 11 is 0. The van der Waals surface area contributed by atoms with E-state index in [1.807, 2.05) is 54.0 Å². The molecule has 0 radical (unpaired) electrons. The number of nitrogens with zero attached hydrogens (tertiary/aromatic N) is 2. The third-order valence-corrected chi connectivity index (χ3v) is 8.31. The first-order valence-corrected chi connectivity index (χ1v) is 15.3. The molecule has 43 heavy (non-hydrogen) atoms. The van der Waals surface area contributed by atoms with Crippen molar-refractivity contribution in [3.63, 3.8) is 0 Å². The molecule has 0 bridgehead atoms. The van der Waals surface area contributed by atoms with Gasteiger partial charge in [-0.25, -0.2) is 4.79 Å². The summed E-state index contributed by atoms with van der Waals surface area (Å²) in [5.41, 5.74) is 1.49. The molecule has 2 amide bonds. The van der Waals surface area contributed by atoms with Crippen LogP contribution in [0.1, 0.15) is 43.5 Å². The zero-order chi connectivity index (χ0) is 30.3. The number of H-pyrrole nitrogens is 1. The van der Waals surface area contributed by atoms with Gasteiger partial charge < -0.3 is 39.0 Å². The van der Waals surface area contributed by atoms with E-state index in [-0.39, 0.29) is 35.9 Å². The number of fused-ring (bicyclic) bond motifs is 1. The second-order valence-corrected chi connectivity index (χ2v) is 11.8. The van der Waals surface area contributed by atoms with E-state index in [0.717, 1.165) is 43.3 Å². The number of aromatic nitrogens is 1. The maximum atomic E-state index is 13.8. The number of rotatable bonds is 14. The van der Waals surface area contributed by atoms with Crippen molar-refractivity contribution in [3.05, 3.63) is 54.1 Å². The summed E-state index contributed by atoms with van der Waals surface area (Å²) in [6, 6.07) is 15.2. The molecule has 10 heteroatoms. The van der Waals surface area contributed by atoms with Gasteiger partial charge in [0, 0.05) is 80.9 Å². The average molecular weight is 593 g/mol. The smallest absolute Gasteiger partial charge is 0.416 e. The molecular weight excluding hydrogens is 548 g/mol. The Labute approximate surface area is 253 Å². The van der Waals surface area contributed by atoms with Gasteiger partial charge in [-0.1, -0.05) is 18.2 Å². The van der Waals surface area contributed by atoms with Gasteiger partial charge in [-0.3, -0.25) is 4.79 Å². The van der Waals surface area contributed by atoms with Crippen LogP contribution < -0.4 is 19.5 Å². The van der Waals surface area contributed by atoms with Gasteiger partial charge in [0.2, 0.25) is 5.88 Å². The van der Waals surface area contributed by atoms with E-state index >= 15 is 0 Å². The number of carbonyl (C=O) groups excluding carboxylic acids is 2. The first-order valence-electron chi connectivity index (χ1n) is 15.3. The van der Waals surface area contributed by atoms with Crippen LogP contribution in [0.25, 0.3) is 10.9 Å². The van der Waals surface area contributed by atoms with E-state index in [2.05, 4.69) is 10.3 Å². The Kier molecular flexibility index (Phi) is 10.1. The number of para-hydroxylation sites is 1. The van der Waals surface area contributed by atoms with Gasteiger partial charge in [0.25, 0.3) is 5.91 Å². The number of nitrogens with one attached hydrogen (secondary N) is 2. The zero-order valence-corrected chi connectivity index (χ0v) is 25.6. The lowest BCUT2D eigenvalue weighted by molar-refractivity contribution is 0.0648. The minimum absolute atomic E-state index is 0.00608. The Morgan fingerprint density at radius 1 is 0.953 bits per heavy atom. The first kappa shape index (κ1) is 30.7. The summed E-state index contributed by atoms with van der Waals surface area (Å²) in [6.07, 6.45) is 2.37. The van der Waals surface area contributed by atoms with Crippen molar-refractivity contribution < 1.29 is 28.5 Å². The highest BCUT2D eigenvalue weighted by Gasteiger charge is 2.39. The second kappa shape index (κ2) is 14.1. The highest BCUT2D eigenvalue weighted by molar-refractivity contribution is 5.95. The monoisotopic (exact) mass is 592 g/mol. The molecule has 0 unspecified atom stereocenters. The molecular formula is C33H44N4O6. The van der Waals surface area contributed by atoms with Gasteiger partial charge >= 0.3 is 6.09 Å². The SMILES string of the molecule is COCCCOc1cc(C(=O)N(C[C@@H]2CNC[C@H]2CN(C(=O)Oc2cc3ccccc3[nH]2)C2CC2)C(C)C)ccc1OC. The lowest BCUT2D eigenvalue weighted by Crippen LogP contribution is -2.45. The van der Waals surface area contributed by atoms with Crippen molar-refractivity contribution in [1.82, 2.24) is 20.1 Å². The fourth-order valence-corrected chi connectivity index (χ4v) is 5.74. The van der Waals surface area contributed by atoms with Gasteiger partial charge in [0.1, 0.15) is 0 Å². The van der Waals surface area contributed by atoms with Gasteiger partial charge in [-0.15, -0.1) is 0 Å². The predicted octanol–water partition coefficient (Wildman–Crippen LogP) is 4.94. The summed E-state index contributed by atoms with van der Waals surface area (Å²) in [5.74, 6) is 1.92. The Bertz CT molecular complexity index is 1350. The summed E-state index contributed by atoms with van der Waals surface area (Å²) < 4.78 is 22.3. The number of benzene rings is 2. The fourth-order valence-electron chi connectivity index (χ4n) is 5.74. The van der Waals surface area contributed by atoms with E-state index < -0.39 is 0 Å². The Morgan fingerprint density at radius 2 is 1.72 bits per heavy atom. The Balaban J connectivity index is 1.25. The van der Waals surface area contributed by atoms with Crippen LogP contribution in [0.4, 0.5) is 4.79 Å². The third kappa shape index (κ3) is 7.61. The van der Waals surface area contributed by atoms with Crippen LogP contribution in [-0.2, 0) is 4.74 Å². The van der Waals surface area contributed by atoms with Gasteiger partial charge in [-0.2, -0.15) is 0 Å².